The van der Waals surface area contributed by atoms with Gasteiger partial charge in [0.15, 0.2) is 0 Å². The van der Waals surface area contributed by atoms with Crippen molar-refractivity contribution in [2.24, 2.45) is 0 Å². The van der Waals surface area contributed by atoms with Crippen LogP contribution in [0.2, 0.25) is 0 Å². The zero-order valence-electron chi connectivity index (χ0n) is 10.9. The van der Waals surface area contributed by atoms with Crippen LogP contribution in [0.4, 0.5) is 5.69 Å². The molecule has 0 heterocycles. The monoisotopic (exact) mass is 257 g/mol. The van der Waals surface area contributed by atoms with Gasteiger partial charge in [0.25, 0.3) is 0 Å². The SMILES string of the molecule is CSc1ccccc1NCC(C)c1ccccc1. The first kappa shape index (κ1) is 13.0. The maximum absolute atomic E-state index is 3.54. The van der Waals surface area contributed by atoms with Crippen LogP contribution >= 0.6 is 11.8 Å². The molecule has 0 fully saturated rings. The molecular weight excluding hydrogens is 238 g/mol. The Morgan fingerprint density at radius 3 is 2.39 bits per heavy atom. The number of anilines is 1. The predicted octanol–water partition coefficient (Wildman–Crippen LogP) is 4.62. The maximum atomic E-state index is 3.54. The molecule has 0 aliphatic carbocycles. The molecular formula is C16H19NS. The second kappa shape index (κ2) is 6.50. The summed E-state index contributed by atoms with van der Waals surface area (Å²) in [5.74, 6) is 0.515. The van der Waals surface area contributed by atoms with Gasteiger partial charge in [-0.1, -0.05) is 49.4 Å². The van der Waals surface area contributed by atoms with Crippen LogP contribution in [0.1, 0.15) is 18.4 Å². The lowest BCUT2D eigenvalue weighted by Gasteiger charge is -2.15. The highest BCUT2D eigenvalue weighted by Gasteiger charge is 2.06. The topological polar surface area (TPSA) is 12.0 Å². The Hall–Kier alpha value is -1.41. The Kier molecular flexibility index (Phi) is 4.71. The summed E-state index contributed by atoms with van der Waals surface area (Å²) in [7, 11) is 0. The number of hydrogen-bond donors (Lipinski definition) is 1. The third-order valence-corrected chi connectivity index (χ3v) is 3.87. The molecule has 0 saturated heterocycles. The highest BCUT2D eigenvalue weighted by Crippen LogP contribution is 2.25. The normalized spacial score (nSPS) is 12.1. The smallest absolute Gasteiger partial charge is 0.0478 e. The van der Waals surface area contributed by atoms with Gasteiger partial charge in [0.05, 0.1) is 0 Å². The fourth-order valence-electron chi connectivity index (χ4n) is 1.95. The first-order valence-corrected chi connectivity index (χ1v) is 7.45. The molecule has 2 aromatic rings. The highest BCUT2D eigenvalue weighted by atomic mass is 32.2. The largest absolute Gasteiger partial charge is 0.384 e. The quantitative estimate of drug-likeness (QED) is 0.784. The number of nitrogens with one attached hydrogen (secondary N) is 1. The molecule has 1 nitrogen and oxygen atoms in total. The number of hydrogen-bond acceptors (Lipinski definition) is 2. The summed E-state index contributed by atoms with van der Waals surface area (Å²) in [6, 6.07) is 19.1. The van der Waals surface area contributed by atoms with Gasteiger partial charge >= 0.3 is 0 Å². The van der Waals surface area contributed by atoms with Gasteiger partial charge in [-0.25, -0.2) is 0 Å². The van der Waals surface area contributed by atoms with Gasteiger partial charge in [-0.05, 0) is 29.9 Å². The summed E-state index contributed by atoms with van der Waals surface area (Å²) in [6.07, 6.45) is 2.11. The minimum Gasteiger partial charge on any atom is -0.384 e. The molecule has 0 spiro atoms. The molecule has 1 unspecified atom stereocenters. The van der Waals surface area contributed by atoms with Crippen molar-refractivity contribution in [1.82, 2.24) is 0 Å². The van der Waals surface area contributed by atoms with Crippen molar-refractivity contribution in [2.45, 2.75) is 17.7 Å². The van der Waals surface area contributed by atoms with Gasteiger partial charge in [-0.2, -0.15) is 0 Å². The Bertz CT molecular complexity index is 481. The molecule has 2 heteroatoms. The van der Waals surface area contributed by atoms with Crippen LogP contribution in [0.25, 0.3) is 0 Å². The third-order valence-electron chi connectivity index (χ3n) is 3.07. The van der Waals surface area contributed by atoms with Gasteiger partial charge in [0, 0.05) is 17.1 Å². The molecule has 0 aromatic heterocycles. The van der Waals surface area contributed by atoms with Crippen LogP contribution in [-0.4, -0.2) is 12.8 Å². The van der Waals surface area contributed by atoms with Crippen LogP contribution < -0.4 is 5.32 Å². The minimum absolute atomic E-state index is 0.515. The molecule has 18 heavy (non-hydrogen) atoms. The maximum Gasteiger partial charge on any atom is 0.0478 e. The first-order chi connectivity index (χ1) is 8.81. The van der Waals surface area contributed by atoms with E-state index in [9.17, 15) is 0 Å². The van der Waals surface area contributed by atoms with Crippen LogP contribution in [-0.2, 0) is 0 Å². The van der Waals surface area contributed by atoms with E-state index in [0.717, 1.165) is 6.54 Å². The summed E-state index contributed by atoms with van der Waals surface area (Å²) >= 11 is 1.78. The van der Waals surface area contributed by atoms with E-state index in [-0.39, 0.29) is 0 Å². The molecule has 94 valence electrons. The van der Waals surface area contributed by atoms with Crippen LogP contribution in [0, 0.1) is 0 Å². The minimum atomic E-state index is 0.515. The highest BCUT2D eigenvalue weighted by molar-refractivity contribution is 7.98. The van der Waals surface area contributed by atoms with Crippen molar-refractivity contribution >= 4 is 17.4 Å². The predicted molar refractivity (Wildman–Crippen MR) is 81.6 cm³/mol. The molecule has 0 amide bonds. The van der Waals surface area contributed by atoms with Crippen molar-refractivity contribution in [1.29, 1.82) is 0 Å². The van der Waals surface area contributed by atoms with Crippen molar-refractivity contribution in [3.8, 4) is 0 Å². The van der Waals surface area contributed by atoms with E-state index in [4.69, 9.17) is 0 Å². The molecule has 0 aliphatic heterocycles. The van der Waals surface area contributed by atoms with Crippen molar-refractivity contribution < 1.29 is 0 Å². The second-order valence-electron chi connectivity index (χ2n) is 4.39. The van der Waals surface area contributed by atoms with E-state index < -0.39 is 0 Å². The Labute approximate surface area is 114 Å². The van der Waals surface area contributed by atoms with Crippen molar-refractivity contribution in [3.63, 3.8) is 0 Å². The Morgan fingerprint density at radius 2 is 1.67 bits per heavy atom. The van der Waals surface area contributed by atoms with Gasteiger partial charge in [-0.3, -0.25) is 0 Å². The molecule has 2 rings (SSSR count). The molecule has 0 bridgehead atoms. The van der Waals surface area contributed by atoms with E-state index in [0.29, 0.717) is 5.92 Å². The fourth-order valence-corrected chi connectivity index (χ4v) is 2.53. The summed E-state index contributed by atoms with van der Waals surface area (Å²) in [5.41, 5.74) is 2.61. The number of benzene rings is 2. The molecule has 1 atom stereocenters. The van der Waals surface area contributed by atoms with Crippen LogP contribution in [0.3, 0.4) is 0 Å². The molecule has 0 saturated carbocycles. The lowest BCUT2D eigenvalue weighted by atomic mass is 10.0. The Balaban J connectivity index is 1.99. The fraction of sp³-hybridized carbons (Fsp3) is 0.250. The van der Waals surface area contributed by atoms with Gasteiger partial charge in [0.1, 0.15) is 0 Å². The van der Waals surface area contributed by atoms with E-state index in [2.05, 4.69) is 73.1 Å². The number of para-hydroxylation sites is 1. The van der Waals surface area contributed by atoms with Gasteiger partial charge < -0.3 is 5.32 Å². The van der Waals surface area contributed by atoms with E-state index in [1.165, 1.54) is 16.1 Å². The van der Waals surface area contributed by atoms with Gasteiger partial charge in [0.2, 0.25) is 0 Å². The standard InChI is InChI=1S/C16H19NS/c1-13(14-8-4-3-5-9-14)12-17-15-10-6-7-11-16(15)18-2/h3-11,13,17H,12H2,1-2H3. The second-order valence-corrected chi connectivity index (χ2v) is 5.24. The average molecular weight is 257 g/mol. The third kappa shape index (κ3) is 3.30. The lowest BCUT2D eigenvalue weighted by Crippen LogP contribution is -2.10. The lowest BCUT2D eigenvalue weighted by molar-refractivity contribution is 0.803. The number of thioether (sulfide) groups is 1. The van der Waals surface area contributed by atoms with Crippen molar-refractivity contribution in [2.75, 3.05) is 18.1 Å². The molecule has 0 aliphatic rings. The summed E-state index contributed by atoms with van der Waals surface area (Å²) in [5, 5.41) is 3.54. The summed E-state index contributed by atoms with van der Waals surface area (Å²) in [6.45, 7) is 3.21. The average Bonchev–Trinajstić information content (AvgIpc) is 2.46. The molecule has 0 radical (unpaired) electrons. The Morgan fingerprint density at radius 1 is 1.00 bits per heavy atom. The zero-order chi connectivity index (χ0) is 12.8. The molecule has 1 N–H and O–H groups in total. The van der Waals surface area contributed by atoms with E-state index in [1.54, 1.807) is 11.8 Å². The van der Waals surface area contributed by atoms with E-state index >= 15 is 0 Å². The summed E-state index contributed by atoms with van der Waals surface area (Å²) < 4.78 is 0. The zero-order valence-corrected chi connectivity index (χ0v) is 11.7. The van der Waals surface area contributed by atoms with Crippen molar-refractivity contribution in [3.05, 3.63) is 60.2 Å². The van der Waals surface area contributed by atoms with E-state index in [1.807, 2.05) is 0 Å². The first-order valence-electron chi connectivity index (χ1n) is 6.23. The van der Waals surface area contributed by atoms with Crippen LogP contribution in [0.15, 0.2) is 59.5 Å². The molecule has 2 aromatic carbocycles. The summed E-state index contributed by atoms with van der Waals surface area (Å²) in [4.78, 5) is 1.30. The van der Waals surface area contributed by atoms with Crippen LogP contribution in [0.5, 0.6) is 0 Å². The van der Waals surface area contributed by atoms with Gasteiger partial charge in [-0.15, -0.1) is 11.8 Å². The number of rotatable bonds is 5.